The minimum Gasteiger partial charge on any atom is -0.376 e. The van der Waals surface area contributed by atoms with Gasteiger partial charge in [0.25, 0.3) is 5.91 Å². The van der Waals surface area contributed by atoms with Crippen LogP contribution < -0.4 is 5.32 Å². The van der Waals surface area contributed by atoms with Gasteiger partial charge in [0.05, 0.1) is 11.6 Å². The van der Waals surface area contributed by atoms with Crippen LogP contribution in [0.2, 0.25) is 0 Å². The van der Waals surface area contributed by atoms with E-state index in [0.29, 0.717) is 12.2 Å². The van der Waals surface area contributed by atoms with Gasteiger partial charge in [-0.05, 0) is 44.9 Å². The van der Waals surface area contributed by atoms with Crippen molar-refractivity contribution in [2.75, 3.05) is 6.61 Å². The molecule has 1 heterocycles. The van der Waals surface area contributed by atoms with Crippen LogP contribution >= 0.6 is 12.6 Å². The van der Waals surface area contributed by atoms with E-state index in [9.17, 15) is 4.79 Å². The highest BCUT2D eigenvalue weighted by Gasteiger charge is 2.38. The lowest BCUT2D eigenvalue weighted by molar-refractivity contribution is 0.0727. The number of benzene rings is 1. The maximum absolute atomic E-state index is 12.3. The predicted octanol–water partition coefficient (Wildman–Crippen LogP) is 2.58. The van der Waals surface area contributed by atoms with E-state index < -0.39 is 0 Å². The molecule has 1 aromatic rings. The Morgan fingerprint density at radius 2 is 2.28 bits per heavy atom. The summed E-state index contributed by atoms with van der Waals surface area (Å²) < 4.78 is 5.53. The first-order valence-corrected chi connectivity index (χ1v) is 6.61. The van der Waals surface area contributed by atoms with E-state index in [-0.39, 0.29) is 17.6 Å². The molecule has 1 fully saturated rings. The molecule has 1 aliphatic rings. The second-order valence-corrected chi connectivity index (χ2v) is 5.65. The average molecular weight is 265 g/mol. The summed E-state index contributed by atoms with van der Waals surface area (Å²) in [5, 5.41) is 3.09. The zero-order valence-electron chi connectivity index (χ0n) is 11.0. The zero-order chi connectivity index (χ0) is 13.3. The van der Waals surface area contributed by atoms with Crippen LogP contribution in [0.1, 0.15) is 36.2 Å². The van der Waals surface area contributed by atoms with Crippen molar-refractivity contribution in [1.29, 1.82) is 0 Å². The quantitative estimate of drug-likeness (QED) is 0.807. The van der Waals surface area contributed by atoms with Crippen LogP contribution in [-0.2, 0) is 4.74 Å². The van der Waals surface area contributed by atoms with Gasteiger partial charge in [-0.2, -0.15) is 0 Å². The molecule has 2 unspecified atom stereocenters. The molecule has 0 saturated carbocycles. The van der Waals surface area contributed by atoms with Crippen LogP contribution in [0.15, 0.2) is 23.1 Å². The van der Waals surface area contributed by atoms with Crippen molar-refractivity contribution < 1.29 is 9.53 Å². The van der Waals surface area contributed by atoms with E-state index >= 15 is 0 Å². The molecule has 98 valence electrons. The molecule has 1 aromatic carbocycles. The Balaban J connectivity index is 2.19. The Labute approximate surface area is 113 Å². The molecule has 1 aliphatic heterocycles. The van der Waals surface area contributed by atoms with Gasteiger partial charge >= 0.3 is 0 Å². The van der Waals surface area contributed by atoms with Crippen LogP contribution in [0.4, 0.5) is 0 Å². The molecule has 1 saturated heterocycles. The predicted molar refractivity (Wildman–Crippen MR) is 74.3 cm³/mol. The monoisotopic (exact) mass is 265 g/mol. The third kappa shape index (κ3) is 2.54. The van der Waals surface area contributed by atoms with Gasteiger partial charge in [-0.15, -0.1) is 12.6 Å². The Hall–Kier alpha value is -1.00. The average Bonchev–Trinajstić information content (AvgIpc) is 2.62. The van der Waals surface area contributed by atoms with E-state index in [2.05, 4.69) is 17.9 Å². The van der Waals surface area contributed by atoms with Crippen LogP contribution in [0.25, 0.3) is 0 Å². The van der Waals surface area contributed by atoms with E-state index in [1.54, 1.807) is 6.07 Å². The van der Waals surface area contributed by atoms with Crippen LogP contribution in [0, 0.1) is 6.92 Å². The summed E-state index contributed by atoms with van der Waals surface area (Å²) in [6, 6.07) is 5.60. The number of amides is 1. The summed E-state index contributed by atoms with van der Waals surface area (Å²) >= 11 is 4.28. The van der Waals surface area contributed by atoms with Gasteiger partial charge in [-0.3, -0.25) is 4.79 Å². The van der Waals surface area contributed by atoms with Gasteiger partial charge < -0.3 is 10.1 Å². The summed E-state index contributed by atoms with van der Waals surface area (Å²) in [5.74, 6) is -0.0525. The second kappa shape index (κ2) is 4.94. The van der Waals surface area contributed by atoms with Gasteiger partial charge in [-0.25, -0.2) is 0 Å². The molecule has 0 aromatic heterocycles. The normalized spacial score (nSPS) is 27.2. The van der Waals surface area contributed by atoms with E-state index in [1.165, 1.54) is 0 Å². The second-order valence-electron chi connectivity index (χ2n) is 5.13. The lowest BCUT2D eigenvalue weighted by Crippen LogP contribution is -2.50. The topological polar surface area (TPSA) is 38.3 Å². The van der Waals surface area contributed by atoms with Crippen molar-refractivity contribution in [1.82, 2.24) is 5.32 Å². The molecule has 1 N–H and O–H groups in total. The summed E-state index contributed by atoms with van der Waals surface area (Å²) in [7, 11) is 0. The molecule has 4 heteroatoms. The highest BCUT2D eigenvalue weighted by molar-refractivity contribution is 7.80. The number of carbonyl (C=O) groups is 1. The Bertz CT molecular complexity index is 475. The Kier molecular flexibility index (Phi) is 3.69. The highest BCUT2D eigenvalue weighted by atomic mass is 32.1. The van der Waals surface area contributed by atoms with Gasteiger partial charge in [0.2, 0.25) is 0 Å². The molecule has 1 amide bonds. The highest BCUT2D eigenvalue weighted by Crippen LogP contribution is 2.26. The first kappa shape index (κ1) is 13.4. The molecule has 2 rings (SSSR count). The van der Waals surface area contributed by atoms with Crippen molar-refractivity contribution >= 4 is 18.5 Å². The SMILES string of the molecule is Cc1ccc(S)cc1C(=O)NC1(C)CCOC1C. The largest absolute Gasteiger partial charge is 0.376 e. The number of nitrogens with one attached hydrogen (secondary N) is 1. The summed E-state index contributed by atoms with van der Waals surface area (Å²) in [6.07, 6.45) is 0.889. The first-order valence-electron chi connectivity index (χ1n) is 6.16. The fraction of sp³-hybridized carbons (Fsp3) is 0.500. The van der Waals surface area contributed by atoms with Gasteiger partial charge in [0, 0.05) is 17.1 Å². The number of ether oxygens (including phenoxy) is 1. The maximum atomic E-state index is 12.3. The molecule has 0 aliphatic carbocycles. The first-order chi connectivity index (χ1) is 8.42. The minimum absolute atomic E-state index is 0.0425. The van der Waals surface area contributed by atoms with Crippen molar-refractivity contribution in [3.05, 3.63) is 29.3 Å². The van der Waals surface area contributed by atoms with Crippen molar-refractivity contribution in [3.8, 4) is 0 Å². The van der Waals surface area contributed by atoms with E-state index in [1.807, 2.05) is 32.9 Å². The van der Waals surface area contributed by atoms with Crippen LogP contribution in [0.3, 0.4) is 0 Å². The van der Waals surface area contributed by atoms with Crippen LogP contribution in [0.5, 0.6) is 0 Å². The summed E-state index contributed by atoms with van der Waals surface area (Å²) in [5.41, 5.74) is 1.36. The lowest BCUT2D eigenvalue weighted by Gasteiger charge is -2.29. The van der Waals surface area contributed by atoms with E-state index in [0.717, 1.165) is 16.9 Å². The third-order valence-electron chi connectivity index (χ3n) is 3.75. The van der Waals surface area contributed by atoms with Gasteiger partial charge in [-0.1, -0.05) is 6.07 Å². The smallest absolute Gasteiger partial charge is 0.252 e. The fourth-order valence-electron chi connectivity index (χ4n) is 2.18. The van der Waals surface area contributed by atoms with Gasteiger partial charge in [0.1, 0.15) is 0 Å². The van der Waals surface area contributed by atoms with Crippen LogP contribution in [-0.4, -0.2) is 24.2 Å². The standard InChI is InChI=1S/C14H19NO2S/c1-9-4-5-11(18)8-12(9)13(16)15-14(3)6-7-17-10(14)2/h4-5,8,10,18H,6-7H2,1-3H3,(H,15,16). The van der Waals surface area contributed by atoms with Crippen molar-refractivity contribution in [2.45, 2.75) is 43.7 Å². The zero-order valence-corrected chi connectivity index (χ0v) is 11.9. The molecule has 0 spiro atoms. The van der Waals surface area contributed by atoms with Crippen molar-refractivity contribution in [2.24, 2.45) is 0 Å². The molecule has 0 bridgehead atoms. The third-order valence-corrected chi connectivity index (χ3v) is 4.03. The molecule has 0 radical (unpaired) electrons. The van der Waals surface area contributed by atoms with E-state index in [4.69, 9.17) is 4.74 Å². The number of carbonyl (C=O) groups excluding carboxylic acids is 1. The lowest BCUT2D eigenvalue weighted by atomic mass is 9.94. The number of aryl methyl sites for hydroxylation is 1. The Morgan fingerprint density at radius 1 is 1.56 bits per heavy atom. The molecule has 2 atom stereocenters. The number of hydrogen-bond acceptors (Lipinski definition) is 3. The summed E-state index contributed by atoms with van der Waals surface area (Å²) in [6.45, 7) is 6.65. The van der Waals surface area contributed by atoms with Crippen molar-refractivity contribution in [3.63, 3.8) is 0 Å². The Morgan fingerprint density at radius 3 is 2.89 bits per heavy atom. The minimum atomic E-state index is -0.282. The maximum Gasteiger partial charge on any atom is 0.252 e. The molecule has 3 nitrogen and oxygen atoms in total. The molecule has 18 heavy (non-hydrogen) atoms. The number of thiol groups is 1. The molecular weight excluding hydrogens is 246 g/mol. The number of rotatable bonds is 2. The fourth-order valence-corrected chi connectivity index (χ4v) is 2.38. The summed E-state index contributed by atoms with van der Waals surface area (Å²) in [4.78, 5) is 13.1. The van der Waals surface area contributed by atoms with Gasteiger partial charge in [0.15, 0.2) is 0 Å². The molecular formula is C14H19NO2S. The number of hydrogen-bond donors (Lipinski definition) is 2.